The maximum atomic E-state index is 11.7. The molecule has 2 aromatic heterocycles. The largest absolute Gasteiger partial charge is 0.364 e. The number of carbonyl (C=O) groups is 1. The van der Waals surface area contributed by atoms with Gasteiger partial charge in [-0.25, -0.2) is 19.6 Å². The van der Waals surface area contributed by atoms with Crippen LogP contribution in [0.1, 0.15) is 21.7 Å². The molecule has 0 radical (unpaired) electrons. The van der Waals surface area contributed by atoms with E-state index in [4.69, 9.17) is 5.73 Å². The minimum Gasteiger partial charge on any atom is -0.364 e. The number of hydrogen-bond donors (Lipinski definition) is 1. The highest BCUT2D eigenvalue weighted by Crippen LogP contribution is 2.24. The van der Waals surface area contributed by atoms with Gasteiger partial charge in [0.25, 0.3) is 5.91 Å². The number of hydrogen-bond acceptors (Lipinski definition) is 6. The average molecular weight is 313 g/mol. The topological polar surface area (TPSA) is 103 Å². The van der Waals surface area contributed by atoms with Crippen LogP contribution in [0.3, 0.4) is 0 Å². The predicted molar refractivity (Wildman–Crippen MR) is 81.8 cm³/mol. The first kappa shape index (κ1) is 15.5. The quantitative estimate of drug-likeness (QED) is 0.806. The van der Waals surface area contributed by atoms with Gasteiger partial charge in [0.05, 0.1) is 10.6 Å². The Morgan fingerprint density at radius 1 is 1.23 bits per heavy atom. The molecule has 2 heterocycles. The van der Waals surface area contributed by atoms with Gasteiger partial charge in [-0.05, 0) is 11.4 Å². The summed E-state index contributed by atoms with van der Waals surface area (Å²) in [6.45, 7) is 0. The van der Waals surface area contributed by atoms with Crippen LogP contribution in [0.25, 0.3) is 10.7 Å². The zero-order valence-electron chi connectivity index (χ0n) is 11.4. The lowest BCUT2D eigenvalue weighted by molar-refractivity contribution is 0.0994. The third kappa shape index (κ3) is 3.42. The normalized spacial score (nSPS) is 9.64. The van der Waals surface area contributed by atoms with Crippen molar-refractivity contribution in [2.75, 3.05) is 0 Å². The molecule has 0 atom stereocenters. The van der Waals surface area contributed by atoms with Crippen LogP contribution < -0.4 is 5.73 Å². The molecule has 1 amide bonds. The van der Waals surface area contributed by atoms with E-state index in [1.165, 1.54) is 23.5 Å². The summed E-state index contributed by atoms with van der Waals surface area (Å²) in [6.07, 6.45) is 2.75. The first-order valence-corrected chi connectivity index (χ1v) is 7.17. The molecule has 0 saturated heterocycles. The number of thiophene rings is 1. The highest BCUT2D eigenvalue weighted by Gasteiger charge is 2.18. The first-order valence-electron chi connectivity index (χ1n) is 6.29. The van der Waals surface area contributed by atoms with E-state index in [0.29, 0.717) is 17.1 Å². The van der Waals surface area contributed by atoms with Gasteiger partial charge >= 0.3 is 0 Å². The molecular formula is C15H11N3O3S. The summed E-state index contributed by atoms with van der Waals surface area (Å²) in [5.74, 6) is 2.95. The second-order valence-electron chi connectivity index (χ2n) is 4.21. The zero-order valence-corrected chi connectivity index (χ0v) is 12.2. The molecule has 6 nitrogen and oxygen atoms in total. The molecule has 0 saturated carbocycles. The summed E-state index contributed by atoms with van der Waals surface area (Å²) >= 11 is 1.42. The Kier molecular flexibility index (Phi) is 5.11. The van der Waals surface area contributed by atoms with E-state index < -0.39 is 5.91 Å². The van der Waals surface area contributed by atoms with E-state index in [1.54, 1.807) is 11.9 Å². The van der Waals surface area contributed by atoms with Gasteiger partial charge in [-0.3, -0.25) is 4.79 Å². The number of amides is 1. The highest BCUT2D eigenvalue weighted by atomic mass is 32.1. The summed E-state index contributed by atoms with van der Waals surface area (Å²) in [6, 6.07) is 3.65. The molecule has 2 N–H and O–H groups in total. The number of nitrogens with two attached hydrogens (primary N) is 1. The number of rotatable bonds is 6. The molecule has 0 spiro atoms. The first-order chi connectivity index (χ1) is 10.7. The lowest BCUT2D eigenvalue weighted by Gasteiger charge is -2.10. The summed E-state index contributed by atoms with van der Waals surface area (Å²) < 4.78 is 0. The molecule has 0 unspecified atom stereocenters. The maximum absolute atomic E-state index is 11.7. The van der Waals surface area contributed by atoms with Gasteiger partial charge in [0, 0.05) is 30.6 Å². The molecule has 0 aliphatic carbocycles. The van der Waals surface area contributed by atoms with Crippen molar-refractivity contribution in [2.45, 2.75) is 12.8 Å². The summed E-state index contributed by atoms with van der Waals surface area (Å²) in [5.41, 5.74) is 6.30. The van der Waals surface area contributed by atoms with E-state index in [0.717, 1.165) is 4.88 Å². The van der Waals surface area contributed by atoms with Crippen molar-refractivity contribution in [2.24, 2.45) is 5.73 Å². The van der Waals surface area contributed by atoms with Crippen LogP contribution in [0.5, 0.6) is 0 Å². The second-order valence-corrected chi connectivity index (χ2v) is 5.16. The van der Waals surface area contributed by atoms with Gasteiger partial charge in [0.1, 0.15) is 17.6 Å². The lowest BCUT2D eigenvalue weighted by atomic mass is 10.0. The van der Waals surface area contributed by atoms with Crippen molar-refractivity contribution in [3.63, 3.8) is 0 Å². The van der Waals surface area contributed by atoms with E-state index in [9.17, 15) is 14.4 Å². The average Bonchev–Trinajstić information content (AvgIpc) is 3.04. The smallest absolute Gasteiger partial charge is 0.267 e. The minimum atomic E-state index is -0.717. The lowest BCUT2D eigenvalue weighted by Crippen LogP contribution is -2.19. The molecule has 0 aliphatic heterocycles. The van der Waals surface area contributed by atoms with Gasteiger partial charge in [0.2, 0.25) is 0 Å². The second kappa shape index (κ2) is 7.24. The van der Waals surface area contributed by atoms with Crippen LogP contribution >= 0.6 is 11.3 Å². The molecular weight excluding hydrogens is 302 g/mol. The van der Waals surface area contributed by atoms with Crippen molar-refractivity contribution < 1.29 is 14.4 Å². The Morgan fingerprint density at radius 2 is 1.95 bits per heavy atom. The number of primary amides is 1. The van der Waals surface area contributed by atoms with Crippen LogP contribution in [0.15, 0.2) is 29.7 Å². The van der Waals surface area contributed by atoms with Crippen molar-refractivity contribution in [3.05, 3.63) is 46.6 Å². The highest BCUT2D eigenvalue weighted by molar-refractivity contribution is 7.13. The standard InChI is InChI=1S/C15H11N3O3S/c16-14(21)13-10(4-1-7-19)11(5-2-8-20)17-15(18-13)12-6-3-9-22-12/h1-3,6,9H,4-5H2,(H2,16,21). The molecule has 0 aliphatic rings. The molecule has 110 valence electrons. The predicted octanol–water partition coefficient (Wildman–Crippen LogP) is 1.16. The van der Waals surface area contributed by atoms with E-state index in [-0.39, 0.29) is 18.5 Å². The van der Waals surface area contributed by atoms with Crippen LogP contribution in [0, 0.1) is 0 Å². The monoisotopic (exact) mass is 313 g/mol. The Hall–Kier alpha value is -2.85. The SMILES string of the molecule is NC(=O)c1nc(-c2cccs2)nc(CC=C=O)c1CC=C=O. The summed E-state index contributed by atoms with van der Waals surface area (Å²) in [7, 11) is 0. The van der Waals surface area contributed by atoms with Gasteiger partial charge in [-0.1, -0.05) is 6.07 Å². The minimum absolute atomic E-state index is 0.0409. The third-order valence-electron chi connectivity index (χ3n) is 2.84. The van der Waals surface area contributed by atoms with Crippen molar-refractivity contribution in [3.8, 4) is 10.7 Å². The fourth-order valence-electron chi connectivity index (χ4n) is 1.92. The molecule has 0 bridgehead atoms. The van der Waals surface area contributed by atoms with Crippen molar-refractivity contribution in [1.29, 1.82) is 0 Å². The molecule has 0 aromatic carbocycles. The van der Waals surface area contributed by atoms with Crippen LogP contribution in [-0.4, -0.2) is 27.8 Å². The fourth-order valence-corrected chi connectivity index (χ4v) is 2.57. The Labute approximate surface area is 130 Å². The van der Waals surface area contributed by atoms with Gasteiger partial charge in [-0.15, -0.1) is 11.3 Å². The third-order valence-corrected chi connectivity index (χ3v) is 3.70. The molecule has 2 aromatic rings. The van der Waals surface area contributed by atoms with Gasteiger partial charge < -0.3 is 5.73 Å². The fraction of sp³-hybridized carbons (Fsp3) is 0.133. The zero-order chi connectivity index (χ0) is 15.9. The van der Waals surface area contributed by atoms with Gasteiger partial charge in [-0.2, -0.15) is 0 Å². The summed E-state index contributed by atoms with van der Waals surface area (Å²) in [4.78, 5) is 41.9. The van der Waals surface area contributed by atoms with Crippen LogP contribution in [-0.2, 0) is 22.4 Å². The maximum Gasteiger partial charge on any atom is 0.267 e. The van der Waals surface area contributed by atoms with E-state index in [1.807, 2.05) is 17.5 Å². The van der Waals surface area contributed by atoms with Crippen molar-refractivity contribution >= 4 is 29.1 Å². The number of carbonyl (C=O) groups excluding carboxylic acids is 3. The summed E-state index contributed by atoms with van der Waals surface area (Å²) in [5, 5.41) is 1.86. The van der Waals surface area contributed by atoms with Crippen LogP contribution in [0.2, 0.25) is 0 Å². The molecule has 2 rings (SSSR count). The van der Waals surface area contributed by atoms with Crippen molar-refractivity contribution in [1.82, 2.24) is 9.97 Å². The number of nitrogens with zero attached hydrogens (tertiary/aromatic N) is 2. The Bertz CT molecular complexity index is 787. The number of aromatic nitrogens is 2. The molecule has 7 heteroatoms. The molecule has 0 fully saturated rings. The van der Waals surface area contributed by atoms with E-state index >= 15 is 0 Å². The van der Waals surface area contributed by atoms with Crippen LogP contribution in [0.4, 0.5) is 0 Å². The number of allylic oxidation sites excluding steroid dienone is 2. The molecule has 22 heavy (non-hydrogen) atoms. The van der Waals surface area contributed by atoms with E-state index in [2.05, 4.69) is 9.97 Å². The Balaban J connectivity index is 2.66. The van der Waals surface area contributed by atoms with Gasteiger partial charge in [0.15, 0.2) is 5.82 Å². The Morgan fingerprint density at radius 3 is 2.55 bits per heavy atom.